The van der Waals surface area contributed by atoms with E-state index in [2.05, 4.69) is 16.8 Å². The van der Waals surface area contributed by atoms with Gasteiger partial charge >= 0.3 is 0 Å². The number of fused-ring (bicyclic) bond motifs is 1. The van der Waals surface area contributed by atoms with Gasteiger partial charge in [0.25, 0.3) is 6.34 Å². The number of nitrogens with zero attached hydrogens (tertiary/aromatic N) is 5. The molecule has 11 nitrogen and oxygen atoms in total. The van der Waals surface area contributed by atoms with Crippen LogP contribution in [0.15, 0.2) is 54.6 Å². The van der Waals surface area contributed by atoms with Gasteiger partial charge in [0.05, 0.1) is 52.3 Å². The van der Waals surface area contributed by atoms with Crippen LogP contribution in [0.25, 0.3) is 22.2 Å². The summed E-state index contributed by atoms with van der Waals surface area (Å²) in [6, 6.07) is 16.7. The van der Waals surface area contributed by atoms with Gasteiger partial charge in [-0.1, -0.05) is 41.4 Å². The molecule has 0 spiro atoms. The highest BCUT2D eigenvalue weighted by molar-refractivity contribution is 6.16. The fraction of sp³-hybridized carbons (Fsp3) is 0.235. The predicted octanol–water partition coefficient (Wildman–Crippen LogP) is 4.37. The number of rotatable bonds is 10. The van der Waals surface area contributed by atoms with Gasteiger partial charge in [-0.15, -0.1) is 10.6 Å². The molecule has 0 aliphatic carbocycles. The van der Waals surface area contributed by atoms with Crippen molar-refractivity contribution in [2.45, 2.75) is 13.5 Å². The van der Waals surface area contributed by atoms with Gasteiger partial charge in [-0.25, -0.2) is 4.98 Å². The molecule has 5 rings (SSSR count). The van der Waals surface area contributed by atoms with Gasteiger partial charge in [0.1, 0.15) is 17.9 Å². The first-order chi connectivity index (χ1) is 21.8. The summed E-state index contributed by atoms with van der Waals surface area (Å²) < 4.78 is 27.6. The Morgan fingerprint density at radius 3 is 2.24 bits per heavy atom. The first-order valence-corrected chi connectivity index (χ1v) is 14.0. The van der Waals surface area contributed by atoms with Gasteiger partial charge in [0, 0.05) is 18.2 Å². The molecule has 0 atom stereocenters. The van der Waals surface area contributed by atoms with Crippen molar-refractivity contribution in [1.82, 2.24) is 19.3 Å². The third-order valence-corrected chi connectivity index (χ3v) is 7.44. The number of hydrogen-bond acceptors (Lipinski definition) is 8. The number of imidazole rings is 1. The number of methoxy groups -OCH3 is 4. The van der Waals surface area contributed by atoms with E-state index in [1.54, 1.807) is 36.9 Å². The number of ketones is 1. The number of aromatic nitrogens is 4. The minimum atomic E-state index is -0.333. The van der Waals surface area contributed by atoms with Crippen LogP contribution in [0.3, 0.4) is 0 Å². The van der Waals surface area contributed by atoms with Crippen molar-refractivity contribution in [3.05, 3.63) is 77.1 Å². The summed E-state index contributed by atoms with van der Waals surface area (Å²) in [4.78, 5) is 18.7. The molecule has 0 bridgehead atoms. The van der Waals surface area contributed by atoms with Crippen molar-refractivity contribution >= 4 is 29.0 Å². The zero-order chi connectivity index (χ0) is 32.2. The normalized spacial score (nSPS) is 11.2. The van der Waals surface area contributed by atoms with Crippen LogP contribution in [0.1, 0.15) is 34.2 Å². The number of hydrogen-bond donors (Lipinski definition) is 1. The molecule has 0 saturated heterocycles. The molecular formula is C34H35N6O5+. The van der Waals surface area contributed by atoms with Gasteiger partial charge in [0.2, 0.25) is 17.5 Å². The molecule has 3 aromatic carbocycles. The van der Waals surface area contributed by atoms with Crippen LogP contribution >= 0.6 is 0 Å². The number of benzene rings is 3. The van der Waals surface area contributed by atoms with E-state index in [1.165, 1.54) is 21.3 Å². The van der Waals surface area contributed by atoms with Crippen molar-refractivity contribution in [2.24, 2.45) is 7.05 Å². The largest absolute Gasteiger partial charge is 0.495 e. The molecule has 0 saturated carbocycles. The molecule has 5 aromatic rings. The van der Waals surface area contributed by atoms with Crippen molar-refractivity contribution < 1.29 is 28.3 Å². The predicted molar refractivity (Wildman–Crippen MR) is 173 cm³/mol. The van der Waals surface area contributed by atoms with E-state index in [4.69, 9.17) is 29.8 Å². The van der Waals surface area contributed by atoms with Gasteiger partial charge in [-0.2, -0.15) is 0 Å². The molecule has 0 unspecified atom stereocenters. The summed E-state index contributed by atoms with van der Waals surface area (Å²) in [6.45, 7) is 2.19. The minimum absolute atomic E-state index is 0.223. The third-order valence-electron chi connectivity index (χ3n) is 7.44. The third kappa shape index (κ3) is 5.65. The fourth-order valence-corrected chi connectivity index (χ4v) is 5.25. The van der Waals surface area contributed by atoms with Crippen LogP contribution in [0.2, 0.25) is 0 Å². The zero-order valence-corrected chi connectivity index (χ0v) is 26.3. The number of nitrogens with two attached hydrogens (primary N) is 1. The van der Waals surface area contributed by atoms with E-state index in [9.17, 15) is 4.79 Å². The number of carbonyl (C=O) groups is 1. The maximum absolute atomic E-state index is 14.1. The average Bonchev–Trinajstić information content (AvgIpc) is 3.56. The Bertz CT molecular complexity index is 1970. The average molecular weight is 608 g/mol. The Kier molecular flexibility index (Phi) is 8.76. The van der Waals surface area contributed by atoms with E-state index in [0.29, 0.717) is 57.5 Å². The number of ether oxygens (including phenoxy) is 4. The number of carbonyl (C=O) groups excluding carboxylic acids is 1. The molecule has 11 heteroatoms. The molecule has 2 N–H and O–H groups in total. The molecule has 2 heterocycles. The Labute approximate surface area is 261 Å². The van der Waals surface area contributed by atoms with E-state index in [1.807, 2.05) is 66.0 Å². The van der Waals surface area contributed by atoms with Crippen LogP contribution < -0.4 is 24.7 Å². The van der Waals surface area contributed by atoms with Crippen molar-refractivity contribution in [3.8, 4) is 46.1 Å². The SMILES string of the molecule is CC#Cc1c(OC)ccc2c(C(=O)c3cc(OC)c(OC)c(OC)c3)nn(C=[N+](C)Cc3c(-c4ccccc4)nc(N)n3C)c12. The summed E-state index contributed by atoms with van der Waals surface area (Å²) >= 11 is 0. The molecule has 2 aromatic heterocycles. The quantitative estimate of drug-likeness (QED) is 0.0818. The lowest BCUT2D eigenvalue weighted by Crippen LogP contribution is -2.17. The second kappa shape index (κ2) is 12.9. The molecule has 0 fully saturated rings. The van der Waals surface area contributed by atoms with Crippen molar-refractivity contribution in [3.63, 3.8) is 0 Å². The highest BCUT2D eigenvalue weighted by atomic mass is 16.5. The number of nitrogen functional groups attached to an aromatic ring is 1. The van der Waals surface area contributed by atoms with Gasteiger partial charge in [-0.05, 0) is 31.2 Å². The highest BCUT2D eigenvalue weighted by Gasteiger charge is 2.28. The van der Waals surface area contributed by atoms with E-state index in [0.717, 1.165) is 17.0 Å². The number of anilines is 1. The maximum atomic E-state index is 14.1. The summed E-state index contributed by atoms with van der Waals surface area (Å²) in [5, 5.41) is 5.42. The van der Waals surface area contributed by atoms with Gasteiger partial charge in [0.15, 0.2) is 22.7 Å². The smallest absolute Gasteiger partial charge is 0.265 e. The lowest BCUT2D eigenvalue weighted by Gasteiger charge is -2.13. The van der Waals surface area contributed by atoms with Gasteiger partial charge in [-0.3, -0.25) is 9.37 Å². The van der Waals surface area contributed by atoms with Crippen LogP contribution in [-0.2, 0) is 13.6 Å². The Hall–Kier alpha value is -5.76. The molecule has 230 valence electrons. The molecule has 0 aliphatic rings. The zero-order valence-electron chi connectivity index (χ0n) is 26.3. The first kappa shape index (κ1) is 30.7. The Morgan fingerprint density at radius 2 is 1.64 bits per heavy atom. The van der Waals surface area contributed by atoms with Crippen molar-refractivity contribution in [1.29, 1.82) is 0 Å². The fourth-order valence-electron chi connectivity index (χ4n) is 5.25. The first-order valence-electron chi connectivity index (χ1n) is 14.0. The monoisotopic (exact) mass is 607 g/mol. The van der Waals surface area contributed by atoms with Crippen LogP contribution in [0.4, 0.5) is 5.95 Å². The second-order valence-corrected chi connectivity index (χ2v) is 10.2. The summed E-state index contributed by atoms with van der Waals surface area (Å²) in [7, 11) is 9.89. The highest BCUT2D eigenvalue weighted by Crippen LogP contribution is 2.39. The molecule has 45 heavy (non-hydrogen) atoms. The van der Waals surface area contributed by atoms with Crippen LogP contribution in [-0.4, -0.2) is 71.5 Å². The maximum Gasteiger partial charge on any atom is 0.265 e. The van der Waals surface area contributed by atoms with E-state index in [-0.39, 0.29) is 11.5 Å². The molecular weight excluding hydrogens is 572 g/mol. The molecule has 0 aliphatic heterocycles. The van der Waals surface area contributed by atoms with E-state index < -0.39 is 0 Å². The lowest BCUT2D eigenvalue weighted by molar-refractivity contribution is -0.512. The van der Waals surface area contributed by atoms with Crippen molar-refractivity contribution in [2.75, 3.05) is 41.2 Å². The summed E-state index contributed by atoms with van der Waals surface area (Å²) in [5.41, 5.74) is 10.7. The van der Waals surface area contributed by atoms with Gasteiger partial charge < -0.3 is 29.2 Å². The topological polar surface area (TPSA) is 119 Å². The Balaban J connectivity index is 1.68. The summed E-state index contributed by atoms with van der Waals surface area (Å²) in [6.07, 6.45) is 1.81. The van der Waals surface area contributed by atoms with E-state index >= 15 is 0 Å². The van der Waals surface area contributed by atoms with Crippen LogP contribution in [0, 0.1) is 11.8 Å². The Morgan fingerprint density at radius 1 is 0.978 bits per heavy atom. The minimum Gasteiger partial charge on any atom is -0.495 e. The molecule has 0 radical (unpaired) electrons. The molecule has 0 amide bonds. The standard InChI is InChI=1S/C34H35N6O5/c1-8-12-23-26(42-4)16-15-24-30(32(41)22-17-27(43-5)33(45-7)28(18-22)44-6)37-40(31(23)24)20-38(2)19-25-29(36-34(35)39(25)3)21-13-10-9-11-14-21/h9-11,13-18,20H,19H2,1-7H3,(H2,35,36)/q+1. The van der Waals surface area contributed by atoms with Crippen LogP contribution in [0.5, 0.6) is 23.0 Å². The second-order valence-electron chi connectivity index (χ2n) is 10.2. The summed E-state index contributed by atoms with van der Waals surface area (Å²) in [5.74, 6) is 7.86. The lowest BCUT2D eigenvalue weighted by atomic mass is 10.0.